The van der Waals surface area contributed by atoms with Crippen LogP contribution in [0.4, 0.5) is 24.8 Å². The number of hydrogen-bond acceptors (Lipinski definition) is 9. The summed E-state index contributed by atoms with van der Waals surface area (Å²) >= 11 is 0. The largest absolute Gasteiger partial charge is 0.493 e. The number of aromatic nitrogens is 4. The van der Waals surface area contributed by atoms with Gasteiger partial charge >= 0.3 is 6.18 Å². The molecular formula is C22H25F3N6O3. The maximum atomic E-state index is 13.1. The van der Waals surface area contributed by atoms with Gasteiger partial charge in [0.25, 0.3) is 0 Å². The number of alkyl halides is 3. The van der Waals surface area contributed by atoms with E-state index in [-0.39, 0.29) is 30.2 Å². The Kier molecular flexibility index (Phi) is 6.60. The first-order valence-corrected chi connectivity index (χ1v) is 10.7. The van der Waals surface area contributed by atoms with Crippen molar-refractivity contribution in [1.29, 1.82) is 0 Å². The molecule has 0 spiro atoms. The Balaban J connectivity index is 1.65. The topological polar surface area (TPSA) is 117 Å². The van der Waals surface area contributed by atoms with E-state index in [9.17, 15) is 13.2 Å². The highest BCUT2D eigenvalue weighted by Crippen LogP contribution is 2.36. The van der Waals surface area contributed by atoms with Crippen LogP contribution < -0.4 is 20.5 Å². The van der Waals surface area contributed by atoms with Crippen LogP contribution in [0, 0.1) is 12.8 Å². The number of anilines is 2. The number of halogens is 3. The molecule has 34 heavy (non-hydrogen) atoms. The highest BCUT2D eigenvalue weighted by atomic mass is 19.4. The Bertz CT molecular complexity index is 1180. The summed E-state index contributed by atoms with van der Waals surface area (Å²) in [5.41, 5.74) is 5.02. The van der Waals surface area contributed by atoms with Crippen LogP contribution >= 0.6 is 0 Å². The van der Waals surface area contributed by atoms with E-state index in [2.05, 4.69) is 25.3 Å². The van der Waals surface area contributed by atoms with Crippen molar-refractivity contribution >= 4 is 22.5 Å². The van der Waals surface area contributed by atoms with Crippen molar-refractivity contribution in [2.24, 2.45) is 5.92 Å². The highest BCUT2D eigenvalue weighted by Gasteiger charge is 2.33. The lowest BCUT2D eigenvalue weighted by Gasteiger charge is -2.22. The smallest absolute Gasteiger partial charge is 0.433 e. The molecule has 1 fully saturated rings. The normalized spacial score (nSPS) is 17.1. The quantitative estimate of drug-likeness (QED) is 0.523. The van der Waals surface area contributed by atoms with Gasteiger partial charge in [0, 0.05) is 30.0 Å². The molecule has 2 atom stereocenters. The van der Waals surface area contributed by atoms with Crippen LogP contribution in [0.3, 0.4) is 0 Å². The first-order valence-electron chi connectivity index (χ1n) is 10.7. The molecule has 0 aliphatic carbocycles. The van der Waals surface area contributed by atoms with Gasteiger partial charge in [-0.15, -0.1) is 0 Å². The van der Waals surface area contributed by atoms with Gasteiger partial charge < -0.3 is 25.3 Å². The molecular weight excluding hydrogens is 453 g/mol. The molecule has 2 aromatic heterocycles. The number of hydrogen-bond donors (Lipinski definition) is 2. The second kappa shape index (κ2) is 9.45. The van der Waals surface area contributed by atoms with E-state index in [1.54, 1.807) is 26.2 Å². The third-order valence-corrected chi connectivity index (χ3v) is 5.53. The molecule has 1 unspecified atom stereocenters. The molecule has 1 aliphatic rings. The molecule has 0 saturated carbocycles. The number of nitrogens with zero attached hydrogens (tertiary/aromatic N) is 4. The standard InChI is InChI=1S/C22H25F3N6O3/c1-11(13-4-5-33-10-13)34-17-6-14-15(7-16(17)32-3)28-12(2)29-21(14)27-9-20-30-18(22(23,24)25)8-19(26)31-20/h6-8,11,13H,4-5,9-10H2,1-3H3,(H2,26,30,31)(H,27,28,29)/t11?,13-/m0/s1. The first-order chi connectivity index (χ1) is 16.1. The lowest BCUT2D eigenvalue weighted by molar-refractivity contribution is -0.141. The molecule has 1 saturated heterocycles. The van der Waals surface area contributed by atoms with Gasteiger partial charge in [0.05, 0.1) is 25.8 Å². The number of nitrogens with two attached hydrogens (primary N) is 1. The van der Waals surface area contributed by atoms with Crippen LogP contribution in [0.1, 0.15) is 30.7 Å². The Morgan fingerprint density at radius 2 is 1.97 bits per heavy atom. The van der Waals surface area contributed by atoms with Crippen LogP contribution in [0.25, 0.3) is 10.9 Å². The zero-order valence-corrected chi connectivity index (χ0v) is 18.9. The zero-order chi connectivity index (χ0) is 24.5. The second-order valence-corrected chi connectivity index (χ2v) is 8.03. The van der Waals surface area contributed by atoms with Crippen LogP contribution in [0.15, 0.2) is 18.2 Å². The van der Waals surface area contributed by atoms with Crippen LogP contribution in [0.5, 0.6) is 11.5 Å². The molecule has 1 aromatic carbocycles. The summed E-state index contributed by atoms with van der Waals surface area (Å²) < 4.78 is 56.4. The lowest BCUT2D eigenvalue weighted by Crippen LogP contribution is -2.24. The van der Waals surface area contributed by atoms with Gasteiger partial charge in [0.2, 0.25) is 0 Å². The second-order valence-electron chi connectivity index (χ2n) is 8.03. The van der Waals surface area contributed by atoms with Crippen molar-refractivity contribution < 1.29 is 27.4 Å². The number of rotatable bonds is 7. The summed E-state index contributed by atoms with van der Waals surface area (Å²) in [5, 5.41) is 3.62. The van der Waals surface area contributed by atoms with Gasteiger partial charge in [-0.2, -0.15) is 13.2 Å². The molecule has 3 heterocycles. The molecule has 182 valence electrons. The summed E-state index contributed by atoms with van der Waals surface area (Å²) in [4.78, 5) is 16.3. The van der Waals surface area contributed by atoms with E-state index in [0.29, 0.717) is 53.3 Å². The van der Waals surface area contributed by atoms with Gasteiger partial charge in [0.15, 0.2) is 11.5 Å². The Labute approximate surface area is 193 Å². The van der Waals surface area contributed by atoms with Crippen LogP contribution in [-0.4, -0.2) is 46.4 Å². The van der Waals surface area contributed by atoms with E-state index in [1.165, 1.54) is 0 Å². The van der Waals surface area contributed by atoms with E-state index in [0.717, 1.165) is 6.42 Å². The number of nitrogen functional groups attached to an aromatic ring is 1. The van der Waals surface area contributed by atoms with Crippen LogP contribution in [0.2, 0.25) is 0 Å². The van der Waals surface area contributed by atoms with E-state index in [4.69, 9.17) is 19.9 Å². The Hall–Kier alpha value is -3.41. The SMILES string of the molecule is COc1cc2nc(C)nc(NCc3nc(N)cc(C(F)(F)F)n3)c2cc1OC(C)[C@H]1CCOC1. The highest BCUT2D eigenvalue weighted by molar-refractivity contribution is 5.91. The summed E-state index contributed by atoms with van der Waals surface area (Å²) in [6.07, 6.45) is -3.83. The fraction of sp³-hybridized carbons (Fsp3) is 0.455. The molecule has 3 aromatic rings. The van der Waals surface area contributed by atoms with Crippen molar-refractivity contribution in [3.63, 3.8) is 0 Å². The van der Waals surface area contributed by atoms with E-state index < -0.39 is 11.9 Å². The average molecular weight is 478 g/mol. The minimum absolute atomic E-state index is 0.113. The van der Waals surface area contributed by atoms with E-state index in [1.807, 2.05) is 6.92 Å². The summed E-state index contributed by atoms with van der Waals surface area (Å²) in [7, 11) is 1.54. The van der Waals surface area contributed by atoms with Crippen molar-refractivity contribution in [2.75, 3.05) is 31.4 Å². The molecule has 0 bridgehead atoms. The van der Waals surface area contributed by atoms with Crippen molar-refractivity contribution in [1.82, 2.24) is 19.9 Å². The fourth-order valence-electron chi connectivity index (χ4n) is 3.76. The van der Waals surface area contributed by atoms with Crippen molar-refractivity contribution in [3.05, 3.63) is 35.5 Å². The number of nitrogens with one attached hydrogen (secondary N) is 1. The number of benzene rings is 1. The fourth-order valence-corrected chi connectivity index (χ4v) is 3.76. The molecule has 4 rings (SSSR count). The monoisotopic (exact) mass is 478 g/mol. The Morgan fingerprint density at radius 3 is 2.65 bits per heavy atom. The predicted octanol–water partition coefficient (Wildman–Crippen LogP) is 3.75. The predicted molar refractivity (Wildman–Crippen MR) is 119 cm³/mol. The van der Waals surface area contributed by atoms with Gasteiger partial charge in [-0.05, 0) is 26.3 Å². The molecule has 9 nitrogen and oxygen atoms in total. The maximum absolute atomic E-state index is 13.1. The number of ether oxygens (including phenoxy) is 3. The van der Waals surface area contributed by atoms with Gasteiger partial charge in [-0.25, -0.2) is 19.9 Å². The molecule has 0 radical (unpaired) electrons. The minimum atomic E-state index is -4.63. The number of methoxy groups -OCH3 is 1. The number of fused-ring (bicyclic) bond motifs is 1. The molecule has 1 aliphatic heterocycles. The van der Waals surface area contributed by atoms with Gasteiger partial charge in [0.1, 0.15) is 35.1 Å². The molecule has 3 N–H and O–H groups in total. The molecule has 12 heteroatoms. The van der Waals surface area contributed by atoms with E-state index >= 15 is 0 Å². The maximum Gasteiger partial charge on any atom is 0.433 e. The Morgan fingerprint density at radius 1 is 1.18 bits per heavy atom. The summed E-state index contributed by atoms with van der Waals surface area (Å²) in [5.74, 6) is 1.75. The van der Waals surface area contributed by atoms with Gasteiger partial charge in [-0.1, -0.05) is 0 Å². The van der Waals surface area contributed by atoms with Crippen LogP contribution in [-0.2, 0) is 17.5 Å². The lowest BCUT2D eigenvalue weighted by atomic mass is 10.0. The third-order valence-electron chi connectivity index (χ3n) is 5.53. The summed E-state index contributed by atoms with van der Waals surface area (Å²) in [6, 6.07) is 4.19. The average Bonchev–Trinajstić information content (AvgIpc) is 3.31. The van der Waals surface area contributed by atoms with Crippen molar-refractivity contribution in [2.45, 2.75) is 39.1 Å². The number of aryl methyl sites for hydroxylation is 1. The first kappa shape index (κ1) is 23.7. The van der Waals surface area contributed by atoms with Gasteiger partial charge in [-0.3, -0.25) is 0 Å². The molecule has 0 amide bonds. The minimum Gasteiger partial charge on any atom is -0.493 e. The van der Waals surface area contributed by atoms with Crippen molar-refractivity contribution in [3.8, 4) is 11.5 Å². The third kappa shape index (κ3) is 5.22. The summed E-state index contributed by atoms with van der Waals surface area (Å²) in [6.45, 7) is 4.89. The zero-order valence-electron chi connectivity index (χ0n) is 18.9.